The van der Waals surface area contributed by atoms with Crippen molar-refractivity contribution >= 4 is 17.5 Å². The molecule has 2 nitrogen and oxygen atoms in total. The maximum atomic E-state index is 11.8. The fourth-order valence-corrected chi connectivity index (χ4v) is 1.86. The van der Waals surface area contributed by atoms with Crippen LogP contribution in [-0.4, -0.2) is 12.5 Å². The van der Waals surface area contributed by atoms with Crippen LogP contribution in [0.15, 0.2) is 24.3 Å². The highest BCUT2D eigenvalue weighted by molar-refractivity contribution is 6.17. The number of hydrogen-bond donors (Lipinski definition) is 1. The van der Waals surface area contributed by atoms with Gasteiger partial charge in [0, 0.05) is 18.0 Å². The van der Waals surface area contributed by atoms with E-state index in [4.69, 9.17) is 11.6 Å². The van der Waals surface area contributed by atoms with E-state index in [-0.39, 0.29) is 5.91 Å². The molecule has 0 bridgehead atoms. The summed E-state index contributed by atoms with van der Waals surface area (Å²) in [6.45, 7) is 0.786. The summed E-state index contributed by atoms with van der Waals surface area (Å²) in [7, 11) is 0. The Morgan fingerprint density at radius 1 is 1.44 bits per heavy atom. The Balaban J connectivity index is 1.86. The molecule has 1 saturated carbocycles. The normalized spacial score (nSPS) is 14.8. The molecule has 1 aliphatic carbocycles. The first kappa shape index (κ1) is 11.5. The molecule has 1 fully saturated rings. The summed E-state index contributed by atoms with van der Waals surface area (Å²) in [6, 6.07) is 7.46. The van der Waals surface area contributed by atoms with Gasteiger partial charge < -0.3 is 5.32 Å². The molecule has 0 saturated heterocycles. The van der Waals surface area contributed by atoms with Gasteiger partial charge in [0.05, 0.1) is 0 Å². The minimum atomic E-state index is 0.00705. The maximum Gasteiger partial charge on any atom is 0.251 e. The van der Waals surface area contributed by atoms with Crippen LogP contribution < -0.4 is 5.32 Å². The summed E-state index contributed by atoms with van der Waals surface area (Å²) < 4.78 is 0. The van der Waals surface area contributed by atoms with Gasteiger partial charge >= 0.3 is 0 Å². The summed E-state index contributed by atoms with van der Waals surface area (Å²) in [4.78, 5) is 11.8. The number of hydrogen-bond acceptors (Lipinski definition) is 1. The molecular weight excluding hydrogens is 222 g/mol. The van der Waals surface area contributed by atoms with Crippen LogP contribution in [0.2, 0.25) is 0 Å². The molecule has 3 heteroatoms. The molecule has 0 aromatic heterocycles. The zero-order valence-electron chi connectivity index (χ0n) is 9.21. The van der Waals surface area contributed by atoms with Crippen molar-refractivity contribution in [2.45, 2.75) is 25.1 Å². The van der Waals surface area contributed by atoms with Gasteiger partial charge in [-0.3, -0.25) is 4.79 Å². The number of carbonyl (C=O) groups excluding carboxylic acids is 1. The molecule has 1 amide bonds. The Morgan fingerprint density at radius 3 is 2.94 bits per heavy atom. The first-order valence-electron chi connectivity index (χ1n) is 5.72. The molecule has 0 atom stereocenters. The van der Waals surface area contributed by atoms with E-state index < -0.39 is 0 Å². The van der Waals surface area contributed by atoms with Crippen LogP contribution in [0.1, 0.15) is 35.2 Å². The van der Waals surface area contributed by atoms with Crippen LogP contribution in [0, 0.1) is 5.92 Å². The molecule has 0 heterocycles. The standard InChI is InChI=1S/C13H16ClNO/c14-9-11-2-1-3-12(8-11)13(16)15-7-6-10-4-5-10/h1-3,8,10H,4-7,9H2,(H,15,16). The van der Waals surface area contributed by atoms with E-state index in [1.54, 1.807) is 0 Å². The number of halogens is 1. The second-order valence-electron chi connectivity index (χ2n) is 4.32. The van der Waals surface area contributed by atoms with Gasteiger partial charge in [0.15, 0.2) is 0 Å². The van der Waals surface area contributed by atoms with Gasteiger partial charge in [-0.05, 0) is 30.0 Å². The zero-order valence-corrected chi connectivity index (χ0v) is 9.96. The third kappa shape index (κ3) is 3.24. The second kappa shape index (κ2) is 5.35. The van der Waals surface area contributed by atoms with Gasteiger partial charge in [0.25, 0.3) is 5.91 Å². The highest BCUT2D eigenvalue weighted by Gasteiger charge is 2.20. The van der Waals surface area contributed by atoms with Crippen molar-refractivity contribution in [1.82, 2.24) is 5.32 Å². The molecule has 0 radical (unpaired) electrons. The second-order valence-corrected chi connectivity index (χ2v) is 4.59. The summed E-state index contributed by atoms with van der Waals surface area (Å²) in [5.74, 6) is 1.31. The van der Waals surface area contributed by atoms with Gasteiger partial charge in [-0.15, -0.1) is 11.6 Å². The van der Waals surface area contributed by atoms with E-state index in [9.17, 15) is 4.79 Å². The number of alkyl halides is 1. The number of amides is 1. The van der Waals surface area contributed by atoms with Gasteiger partial charge in [-0.2, -0.15) is 0 Å². The smallest absolute Gasteiger partial charge is 0.251 e. The molecule has 2 rings (SSSR count). The lowest BCUT2D eigenvalue weighted by Crippen LogP contribution is -2.24. The van der Waals surface area contributed by atoms with Crippen LogP contribution >= 0.6 is 11.6 Å². The third-order valence-corrected chi connectivity index (χ3v) is 3.19. The van der Waals surface area contributed by atoms with Gasteiger partial charge in [-0.1, -0.05) is 25.0 Å². The molecule has 1 aliphatic rings. The monoisotopic (exact) mass is 237 g/mol. The molecule has 1 aromatic carbocycles. The topological polar surface area (TPSA) is 29.1 Å². The summed E-state index contributed by atoms with van der Waals surface area (Å²) >= 11 is 5.73. The van der Waals surface area contributed by atoms with Gasteiger partial charge in [-0.25, -0.2) is 0 Å². The van der Waals surface area contributed by atoms with Crippen molar-refractivity contribution < 1.29 is 4.79 Å². The molecular formula is C13H16ClNO. The average Bonchev–Trinajstić information content (AvgIpc) is 3.13. The fraction of sp³-hybridized carbons (Fsp3) is 0.462. The Morgan fingerprint density at radius 2 is 2.25 bits per heavy atom. The van der Waals surface area contributed by atoms with Gasteiger partial charge in [0.2, 0.25) is 0 Å². The Hall–Kier alpha value is -1.02. The lowest BCUT2D eigenvalue weighted by molar-refractivity contribution is 0.0952. The highest BCUT2D eigenvalue weighted by atomic mass is 35.5. The third-order valence-electron chi connectivity index (χ3n) is 2.88. The highest BCUT2D eigenvalue weighted by Crippen LogP contribution is 2.31. The molecule has 0 spiro atoms. The van der Waals surface area contributed by atoms with Gasteiger partial charge in [0.1, 0.15) is 0 Å². The maximum absolute atomic E-state index is 11.8. The molecule has 0 aliphatic heterocycles. The summed E-state index contributed by atoms with van der Waals surface area (Å²) in [5, 5.41) is 2.94. The van der Waals surface area contributed by atoms with Crippen molar-refractivity contribution in [2.24, 2.45) is 5.92 Å². The first-order valence-corrected chi connectivity index (χ1v) is 6.26. The van der Waals surface area contributed by atoms with Crippen molar-refractivity contribution in [3.63, 3.8) is 0 Å². The summed E-state index contributed by atoms with van der Waals surface area (Å²) in [6.07, 6.45) is 3.77. The Kier molecular flexibility index (Phi) is 3.83. The Bertz CT molecular complexity index is 374. The SMILES string of the molecule is O=C(NCCC1CC1)c1cccc(CCl)c1. The predicted molar refractivity (Wildman–Crippen MR) is 65.7 cm³/mol. The van der Waals surface area contributed by atoms with Crippen LogP contribution in [-0.2, 0) is 5.88 Å². The van der Waals surface area contributed by atoms with E-state index >= 15 is 0 Å². The Labute approximate surface area is 101 Å². The van der Waals surface area contributed by atoms with E-state index in [1.165, 1.54) is 12.8 Å². The quantitative estimate of drug-likeness (QED) is 0.784. The first-order chi connectivity index (χ1) is 7.79. The minimum Gasteiger partial charge on any atom is -0.352 e. The van der Waals surface area contributed by atoms with E-state index in [0.717, 1.165) is 24.4 Å². The zero-order chi connectivity index (χ0) is 11.4. The lowest BCUT2D eigenvalue weighted by atomic mass is 10.1. The number of rotatable bonds is 5. The largest absolute Gasteiger partial charge is 0.352 e. The van der Waals surface area contributed by atoms with Crippen molar-refractivity contribution in [3.8, 4) is 0 Å². The van der Waals surface area contributed by atoms with Crippen molar-refractivity contribution in [1.29, 1.82) is 0 Å². The number of carbonyl (C=O) groups is 1. The number of nitrogens with one attached hydrogen (secondary N) is 1. The van der Waals surface area contributed by atoms with E-state index in [2.05, 4.69) is 5.32 Å². The summed E-state index contributed by atoms with van der Waals surface area (Å²) in [5.41, 5.74) is 1.69. The lowest BCUT2D eigenvalue weighted by Gasteiger charge is -2.05. The molecule has 1 N–H and O–H groups in total. The van der Waals surface area contributed by atoms with Crippen molar-refractivity contribution in [2.75, 3.05) is 6.54 Å². The number of benzene rings is 1. The fourth-order valence-electron chi connectivity index (χ4n) is 1.69. The van der Waals surface area contributed by atoms with Crippen LogP contribution in [0.25, 0.3) is 0 Å². The molecule has 86 valence electrons. The molecule has 1 aromatic rings. The molecule has 0 unspecified atom stereocenters. The van der Waals surface area contributed by atoms with Crippen molar-refractivity contribution in [3.05, 3.63) is 35.4 Å². The average molecular weight is 238 g/mol. The van der Waals surface area contributed by atoms with E-state index in [0.29, 0.717) is 11.4 Å². The minimum absolute atomic E-state index is 0.00705. The molecule has 16 heavy (non-hydrogen) atoms. The van der Waals surface area contributed by atoms with Crippen LogP contribution in [0.5, 0.6) is 0 Å². The van der Waals surface area contributed by atoms with E-state index in [1.807, 2.05) is 24.3 Å². The van der Waals surface area contributed by atoms with Crippen LogP contribution in [0.4, 0.5) is 0 Å². The van der Waals surface area contributed by atoms with Crippen LogP contribution in [0.3, 0.4) is 0 Å². The predicted octanol–water partition coefficient (Wildman–Crippen LogP) is 2.96.